The van der Waals surface area contributed by atoms with Crippen molar-refractivity contribution >= 4 is 11.7 Å². The van der Waals surface area contributed by atoms with Crippen molar-refractivity contribution in [2.45, 2.75) is 20.4 Å². The number of rotatable bonds is 5. The molecule has 0 unspecified atom stereocenters. The highest BCUT2D eigenvalue weighted by molar-refractivity contribution is 6.07. The van der Waals surface area contributed by atoms with Crippen molar-refractivity contribution in [3.05, 3.63) is 101 Å². The SMILES string of the molecule is Cc1ccc(-c2nn(Cc3ccccc3)cc2C(=O)Nc2ccc(C)cn2)cc1. The van der Waals surface area contributed by atoms with Gasteiger partial charge in [-0.05, 0) is 31.0 Å². The lowest BCUT2D eigenvalue weighted by molar-refractivity contribution is 0.102. The number of pyridine rings is 1. The lowest BCUT2D eigenvalue weighted by Gasteiger charge is -2.05. The maximum atomic E-state index is 13.0. The third-order valence-corrected chi connectivity index (χ3v) is 4.67. The average molecular weight is 382 g/mol. The summed E-state index contributed by atoms with van der Waals surface area (Å²) in [6.45, 7) is 4.59. The summed E-state index contributed by atoms with van der Waals surface area (Å²) in [6, 6.07) is 21.8. The monoisotopic (exact) mass is 382 g/mol. The highest BCUT2D eigenvalue weighted by atomic mass is 16.1. The Labute approximate surface area is 170 Å². The second-order valence-electron chi connectivity index (χ2n) is 7.12. The zero-order chi connectivity index (χ0) is 20.2. The second kappa shape index (κ2) is 8.10. The van der Waals surface area contributed by atoms with Crippen LogP contribution in [-0.2, 0) is 6.54 Å². The molecule has 0 saturated heterocycles. The lowest BCUT2D eigenvalue weighted by atomic mass is 10.1. The van der Waals surface area contributed by atoms with Crippen LogP contribution in [0.5, 0.6) is 0 Å². The van der Waals surface area contributed by atoms with Crippen LogP contribution in [-0.4, -0.2) is 20.7 Å². The fraction of sp³-hybridized carbons (Fsp3) is 0.125. The molecule has 0 aliphatic rings. The summed E-state index contributed by atoms with van der Waals surface area (Å²) < 4.78 is 1.81. The minimum absolute atomic E-state index is 0.226. The van der Waals surface area contributed by atoms with Crippen LogP contribution >= 0.6 is 0 Å². The van der Waals surface area contributed by atoms with Gasteiger partial charge in [-0.2, -0.15) is 5.10 Å². The number of amides is 1. The molecule has 1 N–H and O–H groups in total. The van der Waals surface area contributed by atoms with Crippen molar-refractivity contribution < 1.29 is 4.79 Å². The van der Waals surface area contributed by atoms with Gasteiger partial charge < -0.3 is 5.32 Å². The fourth-order valence-electron chi connectivity index (χ4n) is 3.09. The molecule has 29 heavy (non-hydrogen) atoms. The Morgan fingerprint density at radius 3 is 2.34 bits per heavy atom. The molecular weight excluding hydrogens is 360 g/mol. The molecule has 1 amide bonds. The first-order chi connectivity index (χ1) is 14.1. The zero-order valence-corrected chi connectivity index (χ0v) is 16.5. The predicted molar refractivity (Wildman–Crippen MR) is 115 cm³/mol. The summed E-state index contributed by atoms with van der Waals surface area (Å²) in [5, 5.41) is 7.60. The Hall–Kier alpha value is -3.73. The predicted octanol–water partition coefficient (Wildman–Crippen LogP) is 4.86. The van der Waals surface area contributed by atoms with E-state index in [2.05, 4.69) is 10.3 Å². The highest BCUT2D eigenvalue weighted by Crippen LogP contribution is 2.24. The molecule has 2 aromatic carbocycles. The molecule has 2 aromatic heterocycles. The van der Waals surface area contributed by atoms with Crippen molar-refractivity contribution in [3.8, 4) is 11.3 Å². The molecular formula is C24H22N4O. The Morgan fingerprint density at radius 2 is 1.66 bits per heavy atom. The molecule has 0 aliphatic heterocycles. The third-order valence-electron chi connectivity index (χ3n) is 4.67. The van der Waals surface area contributed by atoms with Crippen LogP contribution in [0.1, 0.15) is 27.0 Å². The maximum Gasteiger partial charge on any atom is 0.260 e. The van der Waals surface area contributed by atoms with E-state index in [1.807, 2.05) is 79.2 Å². The Kier molecular flexibility index (Phi) is 5.20. The largest absolute Gasteiger partial charge is 0.306 e. The third kappa shape index (κ3) is 4.41. The molecule has 0 spiro atoms. The van der Waals surface area contributed by atoms with E-state index >= 15 is 0 Å². The van der Waals surface area contributed by atoms with E-state index in [4.69, 9.17) is 5.10 Å². The molecule has 4 rings (SSSR count). The van der Waals surface area contributed by atoms with E-state index in [-0.39, 0.29) is 5.91 Å². The van der Waals surface area contributed by atoms with Gasteiger partial charge in [0.25, 0.3) is 5.91 Å². The zero-order valence-electron chi connectivity index (χ0n) is 16.5. The summed E-state index contributed by atoms with van der Waals surface area (Å²) in [7, 11) is 0. The normalized spacial score (nSPS) is 10.7. The number of hydrogen-bond donors (Lipinski definition) is 1. The van der Waals surface area contributed by atoms with Crippen molar-refractivity contribution in [2.24, 2.45) is 0 Å². The molecule has 5 heteroatoms. The first-order valence-electron chi connectivity index (χ1n) is 9.51. The first-order valence-corrected chi connectivity index (χ1v) is 9.51. The van der Waals surface area contributed by atoms with Crippen molar-refractivity contribution in [1.29, 1.82) is 0 Å². The van der Waals surface area contributed by atoms with Crippen LogP contribution < -0.4 is 5.32 Å². The number of benzene rings is 2. The molecule has 0 atom stereocenters. The number of aryl methyl sites for hydroxylation is 2. The van der Waals surface area contributed by atoms with Crippen LogP contribution in [0, 0.1) is 13.8 Å². The van der Waals surface area contributed by atoms with Crippen LogP contribution in [0.25, 0.3) is 11.3 Å². The van der Waals surface area contributed by atoms with E-state index in [1.54, 1.807) is 18.5 Å². The van der Waals surface area contributed by atoms with Crippen LogP contribution in [0.4, 0.5) is 5.82 Å². The van der Waals surface area contributed by atoms with Crippen LogP contribution in [0.2, 0.25) is 0 Å². The van der Waals surface area contributed by atoms with E-state index < -0.39 is 0 Å². The van der Waals surface area contributed by atoms with Gasteiger partial charge >= 0.3 is 0 Å². The molecule has 0 radical (unpaired) electrons. The van der Waals surface area contributed by atoms with Gasteiger partial charge in [-0.1, -0.05) is 66.2 Å². The standard InChI is InChI=1S/C24H22N4O/c1-17-8-11-20(12-9-17)23-21(24(29)26-22-13-10-18(2)14-25-22)16-28(27-23)15-19-6-4-3-5-7-19/h3-14,16H,15H2,1-2H3,(H,25,26,29). The molecule has 4 aromatic rings. The number of carbonyl (C=O) groups is 1. The van der Waals surface area contributed by atoms with Gasteiger partial charge in [0.15, 0.2) is 0 Å². The van der Waals surface area contributed by atoms with E-state index in [0.717, 1.165) is 22.3 Å². The molecule has 0 aliphatic carbocycles. The van der Waals surface area contributed by atoms with Gasteiger partial charge in [0.1, 0.15) is 11.5 Å². The molecule has 0 fully saturated rings. The highest BCUT2D eigenvalue weighted by Gasteiger charge is 2.18. The summed E-state index contributed by atoms with van der Waals surface area (Å²) >= 11 is 0. The average Bonchev–Trinajstić information content (AvgIpc) is 3.15. The number of carbonyl (C=O) groups excluding carboxylic acids is 1. The van der Waals surface area contributed by atoms with E-state index in [0.29, 0.717) is 23.6 Å². The number of nitrogens with zero attached hydrogens (tertiary/aromatic N) is 3. The molecule has 144 valence electrons. The Bertz CT molecular complexity index is 1110. The Morgan fingerprint density at radius 1 is 0.931 bits per heavy atom. The maximum absolute atomic E-state index is 13.0. The number of aromatic nitrogens is 3. The minimum Gasteiger partial charge on any atom is -0.306 e. The van der Waals surface area contributed by atoms with Gasteiger partial charge in [0.05, 0.1) is 12.1 Å². The van der Waals surface area contributed by atoms with E-state index in [9.17, 15) is 4.79 Å². The van der Waals surface area contributed by atoms with Crippen LogP contribution in [0.15, 0.2) is 79.1 Å². The lowest BCUT2D eigenvalue weighted by Crippen LogP contribution is -2.13. The first kappa shape index (κ1) is 18.6. The van der Waals surface area contributed by atoms with Gasteiger partial charge in [0.2, 0.25) is 0 Å². The topological polar surface area (TPSA) is 59.8 Å². The number of anilines is 1. The fourth-order valence-corrected chi connectivity index (χ4v) is 3.09. The van der Waals surface area contributed by atoms with Crippen molar-refractivity contribution in [1.82, 2.24) is 14.8 Å². The summed E-state index contributed by atoms with van der Waals surface area (Å²) in [6.07, 6.45) is 3.53. The number of nitrogens with one attached hydrogen (secondary N) is 1. The summed E-state index contributed by atoms with van der Waals surface area (Å²) in [5.41, 5.74) is 5.41. The number of hydrogen-bond acceptors (Lipinski definition) is 3. The second-order valence-corrected chi connectivity index (χ2v) is 7.12. The molecule has 2 heterocycles. The summed E-state index contributed by atoms with van der Waals surface area (Å²) in [5.74, 6) is 0.294. The molecule has 5 nitrogen and oxygen atoms in total. The van der Waals surface area contributed by atoms with Crippen molar-refractivity contribution in [3.63, 3.8) is 0 Å². The van der Waals surface area contributed by atoms with E-state index in [1.165, 1.54) is 0 Å². The van der Waals surface area contributed by atoms with Crippen LogP contribution in [0.3, 0.4) is 0 Å². The minimum atomic E-state index is -0.226. The molecule has 0 bridgehead atoms. The quantitative estimate of drug-likeness (QED) is 0.536. The van der Waals surface area contributed by atoms with Crippen molar-refractivity contribution in [2.75, 3.05) is 5.32 Å². The van der Waals surface area contributed by atoms with Gasteiger partial charge in [-0.3, -0.25) is 9.48 Å². The van der Waals surface area contributed by atoms with Gasteiger partial charge in [0, 0.05) is 18.0 Å². The molecule has 0 saturated carbocycles. The Balaban J connectivity index is 1.68. The summed E-state index contributed by atoms with van der Waals surface area (Å²) in [4.78, 5) is 17.3. The van der Waals surface area contributed by atoms with Gasteiger partial charge in [-0.25, -0.2) is 4.98 Å². The van der Waals surface area contributed by atoms with Gasteiger partial charge in [-0.15, -0.1) is 0 Å². The smallest absolute Gasteiger partial charge is 0.260 e.